The molecule has 4 aliphatic heterocycles. The highest BCUT2D eigenvalue weighted by molar-refractivity contribution is 8.00. The maximum Gasteiger partial charge on any atom is 0.252 e. The summed E-state index contributed by atoms with van der Waals surface area (Å²) < 4.78 is 2.45. The predicted molar refractivity (Wildman–Crippen MR) is 394 cm³/mol. The molecule has 0 atom stereocenters. The van der Waals surface area contributed by atoms with Crippen molar-refractivity contribution in [1.82, 2.24) is 4.57 Å². The van der Waals surface area contributed by atoms with E-state index in [2.05, 4.69) is 369 Å². The normalized spacial score (nSPS) is 13.0. The van der Waals surface area contributed by atoms with Gasteiger partial charge >= 0.3 is 0 Å². The Kier molecular flexibility index (Phi) is 12.3. The SMILES string of the molecule is c1ccc(N(c2ccccc2)c2cc3c4c(c2)N(c2ccccc2)c2ccccc2B4c2cc4c(cc2S3)N(c2cccc3c2c2ccccc2n3-c2ccccc2)c2cc(N(c3ccccc3)c3ccccc3)cc3c2B4c2ccccc2N3c2ccccc2)cc1. The monoisotopic (exact) mass is 1200 g/mol. The average Bonchev–Trinajstić information content (AvgIpc) is 1.13. The van der Waals surface area contributed by atoms with Crippen molar-refractivity contribution < 1.29 is 0 Å². The molecule has 0 unspecified atom stereocenters. The van der Waals surface area contributed by atoms with Crippen LogP contribution in [-0.4, -0.2) is 18.0 Å². The van der Waals surface area contributed by atoms with Crippen LogP contribution in [0.5, 0.6) is 0 Å². The molecule has 93 heavy (non-hydrogen) atoms. The van der Waals surface area contributed by atoms with Crippen molar-refractivity contribution in [3.8, 4) is 5.69 Å². The van der Waals surface area contributed by atoms with Gasteiger partial charge in [-0.25, -0.2) is 0 Å². The van der Waals surface area contributed by atoms with Gasteiger partial charge in [0.1, 0.15) is 0 Å². The van der Waals surface area contributed by atoms with Gasteiger partial charge in [-0.3, -0.25) is 0 Å². The van der Waals surface area contributed by atoms with E-state index in [-0.39, 0.29) is 13.4 Å². The molecule has 9 heteroatoms. The summed E-state index contributed by atoms with van der Waals surface area (Å²) in [6, 6.07) is 126. The van der Waals surface area contributed by atoms with Gasteiger partial charge in [-0.15, -0.1) is 0 Å². The fourth-order valence-electron chi connectivity index (χ4n) is 15.6. The van der Waals surface area contributed by atoms with Crippen LogP contribution >= 0.6 is 11.8 Å². The number of hydrogen-bond donors (Lipinski definition) is 0. The number of hydrogen-bond acceptors (Lipinski definition) is 6. The van der Waals surface area contributed by atoms with Crippen LogP contribution in [-0.2, 0) is 0 Å². The van der Waals surface area contributed by atoms with Gasteiger partial charge < -0.3 is 29.1 Å². The first-order valence-corrected chi connectivity index (χ1v) is 32.8. The lowest BCUT2D eigenvalue weighted by Gasteiger charge is -2.46. The molecule has 5 heterocycles. The largest absolute Gasteiger partial charge is 0.311 e. The Morgan fingerprint density at radius 2 is 0.656 bits per heavy atom. The quantitative estimate of drug-likeness (QED) is 0.126. The summed E-state index contributed by atoms with van der Waals surface area (Å²) in [4.78, 5) is 15.0. The zero-order chi connectivity index (χ0) is 61.1. The average molecular weight is 1200 g/mol. The Morgan fingerprint density at radius 3 is 1.19 bits per heavy atom. The molecule has 434 valence electrons. The van der Waals surface area contributed by atoms with Crippen LogP contribution in [0, 0.1) is 0 Å². The van der Waals surface area contributed by atoms with Crippen LogP contribution in [0.4, 0.5) is 85.3 Å². The summed E-state index contributed by atoms with van der Waals surface area (Å²) in [6.45, 7) is -0.265. The Hall–Kier alpha value is -11.6. The number of benzene rings is 14. The number of fused-ring (bicyclic) bond motifs is 11. The molecule has 1 aromatic heterocycles. The second-order valence-electron chi connectivity index (χ2n) is 24.4. The van der Waals surface area contributed by atoms with Crippen LogP contribution in [0.25, 0.3) is 27.5 Å². The molecule has 4 aliphatic rings. The molecule has 0 spiro atoms. The van der Waals surface area contributed by atoms with E-state index in [1.54, 1.807) is 0 Å². The highest BCUT2D eigenvalue weighted by atomic mass is 32.2. The standard InChI is InChI=1S/C84H56B2N6S/c1-8-29-57(30-9-1)87(58-31-10-2-11-32-58)64-51-77-83-78(52-64)92(75-50-28-49-74-82(75)66-43-22-25-46-71(66)89(74)61-37-16-5-17-38-61)76-56-80-70(55-69(76)85(83)67-44-23-26-47-72(67)90(77)62-39-18-6-19-40-62)86-68-45-24-27-48-73(68)91(63-41-20-7-21-42-63)79-53-65(54-81(93-80)84(79)86)88(59-33-12-3-13-34-59)60-35-14-4-15-36-60/h1-56H. The summed E-state index contributed by atoms with van der Waals surface area (Å²) in [6.07, 6.45) is 0. The second kappa shape index (κ2) is 21.5. The van der Waals surface area contributed by atoms with Crippen LogP contribution < -0.4 is 57.3 Å². The maximum absolute atomic E-state index is 2.67. The molecule has 0 amide bonds. The van der Waals surface area contributed by atoms with E-state index in [0.29, 0.717) is 0 Å². The number of anilines is 15. The third-order valence-corrected chi connectivity index (χ3v) is 20.4. The topological polar surface area (TPSA) is 21.1 Å². The molecular weight excluding hydrogens is 1150 g/mol. The maximum atomic E-state index is 2.67. The van der Waals surface area contributed by atoms with Gasteiger partial charge in [-0.05, 0) is 173 Å². The summed E-state index contributed by atoms with van der Waals surface area (Å²) in [5, 5.41) is 2.38. The summed E-state index contributed by atoms with van der Waals surface area (Å²) in [7, 11) is 0. The lowest BCUT2D eigenvalue weighted by molar-refractivity contribution is 1.18. The fourth-order valence-corrected chi connectivity index (χ4v) is 16.8. The summed E-state index contributed by atoms with van der Waals surface area (Å²) >= 11 is 1.91. The molecule has 15 aromatic rings. The minimum Gasteiger partial charge on any atom is -0.311 e. The van der Waals surface area contributed by atoms with Crippen molar-refractivity contribution in [2.75, 3.05) is 24.5 Å². The molecule has 19 rings (SSSR count). The van der Waals surface area contributed by atoms with E-state index in [4.69, 9.17) is 0 Å². The second-order valence-corrected chi connectivity index (χ2v) is 25.4. The van der Waals surface area contributed by atoms with Gasteiger partial charge in [0.15, 0.2) is 0 Å². The lowest BCUT2D eigenvalue weighted by Crippen LogP contribution is -2.64. The van der Waals surface area contributed by atoms with E-state index in [1.165, 1.54) is 64.7 Å². The highest BCUT2D eigenvalue weighted by Crippen LogP contribution is 2.53. The van der Waals surface area contributed by atoms with Crippen LogP contribution in [0.15, 0.2) is 350 Å². The van der Waals surface area contributed by atoms with E-state index in [1.807, 2.05) is 11.8 Å². The molecule has 0 radical (unpaired) electrons. The lowest BCUT2D eigenvalue weighted by atomic mass is 9.31. The Bertz CT molecular complexity index is 5330. The molecule has 14 aromatic carbocycles. The van der Waals surface area contributed by atoms with Crippen LogP contribution in [0.3, 0.4) is 0 Å². The van der Waals surface area contributed by atoms with Gasteiger partial charge in [0, 0.05) is 100 Å². The molecular formula is C84H56B2N6S. The van der Waals surface area contributed by atoms with Gasteiger partial charge in [0.05, 0.1) is 22.4 Å². The molecule has 6 nitrogen and oxygen atoms in total. The van der Waals surface area contributed by atoms with Crippen LogP contribution in [0.1, 0.15) is 0 Å². The molecule has 0 N–H and O–H groups in total. The van der Waals surface area contributed by atoms with Crippen LogP contribution in [0.2, 0.25) is 0 Å². The number of aromatic nitrogens is 1. The number of nitrogens with zero attached hydrogens (tertiary/aromatic N) is 6. The van der Waals surface area contributed by atoms with Crippen molar-refractivity contribution in [2.45, 2.75) is 9.79 Å². The molecule has 0 saturated heterocycles. The minimum atomic E-state index is -0.165. The molecule has 0 saturated carbocycles. The molecule has 0 aliphatic carbocycles. The zero-order valence-corrected chi connectivity index (χ0v) is 51.4. The molecule has 0 bridgehead atoms. The van der Waals surface area contributed by atoms with Crippen molar-refractivity contribution in [3.63, 3.8) is 0 Å². The molecule has 0 fully saturated rings. The van der Waals surface area contributed by atoms with Crippen molar-refractivity contribution in [3.05, 3.63) is 340 Å². The van der Waals surface area contributed by atoms with E-state index < -0.39 is 0 Å². The van der Waals surface area contributed by atoms with E-state index in [9.17, 15) is 0 Å². The Balaban J connectivity index is 0.936. The first-order chi connectivity index (χ1) is 46.2. The third kappa shape index (κ3) is 8.33. The fraction of sp³-hybridized carbons (Fsp3) is 0. The van der Waals surface area contributed by atoms with Crippen molar-refractivity contribution in [2.24, 2.45) is 0 Å². The van der Waals surface area contributed by atoms with Gasteiger partial charge in [0.2, 0.25) is 6.71 Å². The Morgan fingerprint density at radius 1 is 0.247 bits per heavy atom. The summed E-state index contributed by atoms with van der Waals surface area (Å²) in [5.74, 6) is 0. The van der Waals surface area contributed by atoms with Gasteiger partial charge in [-0.1, -0.05) is 211 Å². The minimum absolute atomic E-state index is 0.0995. The Labute approximate surface area is 545 Å². The number of para-hydroxylation sites is 10. The van der Waals surface area contributed by atoms with Crippen molar-refractivity contribution >= 4 is 165 Å². The zero-order valence-electron chi connectivity index (χ0n) is 50.6. The first-order valence-electron chi connectivity index (χ1n) is 32.0. The number of rotatable bonds is 10. The van der Waals surface area contributed by atoms with Gasteiger partial charge in [-0.2, -0.15) is 0 Å². The van der Waals surface area contributed by atoms with E-state index in [0.717, 1.165) is 90.7 Å². The predicted octanol–water partition coefficient (Wildman–Crippen LogP) is 18.6. The van der Waals surface area contributed by atoms with Gasteiger partial charge in [0.25, 0.3) is 6.71 Å². The summed E-state index contributed by atoms with van der Waals surface area (Å²) in [5.41, 5.74) is 27.9. The third-order valence-electron chi connectivity index (χ3n) is 19.3. The van der Waals surface area contributed by atoms with E-state index >= 15 is 0 Å². The van der Waals surface area contributed by atoms with Crippen molar-refractivity contribution in [1.29, 1.82) is 0 Å². The highest BCUT2D eigenvalue weighted by Gasteiger charge is 2.48. The smallest absolute Gasteiger partial charge is 0.252 e. The first kappa shape index (κ1) is 53.2.